The lowest BCUT2D eigenvalue weighted by atomic mass is 10.1. The van der Waals surface area contributed by atoms with Crippen LogP contribution in [0.5, 0.6) is 0 Å². The van der Waals surface area contributed by atoms with Crippen molar-refractivity contribution >= 4 is 33.6 Å². The average molecular weight is 445 g/mol. The van der Waals surface area contributed by atoms with E-state index in [1.54, 1.807) is 22.8 Å². The fraction of sp³-hybridized carbons (Fsp3) is 0.250. The third kappa shape index (κ3) is 5.68. The van der Waals surface area contributed by atoms with E-state index in [-0.39, 0.29) is 5.91 Å². The molecule has 1 N–H and O–H groups in total. The molecule has 1 aromatic heterocycles. The van der Waals surface area contributed by atoms with E-state index in [2.05, 4.69) is 57.3 Å². The quantitative estimate of drug-likeness (QED) is 0.556. The zero-order valence-corrected chi connectivity index (χ0v) is 17.7. The number of carbonyl (C=O) groups excluding carboxylic acids is 1. The predicted octanol–water partition coefficient (Wildman–Crippen LogP) is 4.11. The molecule has 0 aliphatic heterocycles. The second-order valence-electron chi connectivity index (χ2n) is 6.34. The van der Waals surface area contributed by atoms with Crippen LogP contribution in [0.25, 0.3) is 0 Å². The first kappa shape index (κ1) is 19.6. The molecule has 7 heteroatoms. The van der Waals surface area contributed by atoms with Crippen molar-refractivity contribution in [2.24, 2.45) is 0 Å². The molecule has 0 spiro atoms. The highest BCUT2D eigenvalue weighted by molar-refractivity contribution is 9.10. The monoisotopic (exact) mass is 444 g/mol. The summed E-state index contributed by atoms with van der Waals surface area (Å²) in [5, 5.41) is 7.08. The van der Waals surface area contributed by atoms with Gasteiger partial charge in [0.25, 0.3) is 0 Å². The van der Waals surface area contributed by atoms with Gasteiger partial charge >= 0.3 is 0 Å². The number of carbonyl (C=O) groups is 1. The Bertz CT molecular complexity index is 910. The van der Waals surface area contributed by atoms with Crippen LogP contribution in [0.4, 0.5) is 0 Å². The first-order chi connectivity index (χ1) is 13.0. The molecule has 0 atom stereocenters. The lowest BCUT2D eigenvalue weighted by molar-refractivity contribution is -0.118. The highest BCUT2D eigenvalue weighted by Crippen LogP contribution is 2.28. The van der Waals surface area contributed by atoms with E-state index < -0.39 is 0 Å². The van der Waals surface area contributed by atoms with E-state index in [9.17, 15) is 4.79 Å². The van der Waals surface area contributed by atoms with Crippen LogP contribution in [0, 0.1) is 13.8 Å². The molecule has 0 aliphatic rings. The molecule has 2 aromatic carbocycles. The second-order valence-corrected chi connectivity index (χ2v) is 8.21. The summed E-state index contributed by atoms with van der Waals surface area (Å²) in [5.74, 6) is 0.443. The largest absolute Gasteiger partial charge is 0.351 e. The standard InChI is InChI=1S/C20H21BrN4OS/c1-14-8-19(15(2)7-18(14)21)27-11-20(26)23-9-16-3-5-17(6-4-16)10-25-13-22-12-24-25/h3-8,12-13H,9-11H2,1-2H3,(H,23,26). The summed E-state index contributed by atoms with van der Waals surface area (Å²) < 4.78 is 2.88. The van der Waals surface area contributed by atoms with Crippen molar-refractivity contribution in [3.8, 4) is 0 Å². The van der Waals surface area contributed by atoms with Gasteiger partial charge < -0.3 is 5.32 Å². The molecule has 0 saturated carbocycles. The Hall–Kier alpha value is -2.12. The van der Waals surface area contributed by atoms with E-state index in [0.717, 1.165) is 20.5 Å². The SMILES string of the molecule is Cc1cc(SCC(=O)NCc2ccc(Cn3cncn3)cc2)c(C)cc1Br. The van der Waals surface area contributed by atoms with Crippen LogP contribution in [0.3, 0.4) is 0 Å². The Morgan fingerprint density at radius 1 is 1.15 bits per heavy atom. The summed E-state index contributed by atoms with van der Waals surface area (Å²) in [7, 11) is 0. The highest BCUT2D eigenvalue weighted by atomic mass is 79.9. The Balaban J connectivity index is 1.47. The number of halogens is 1. The van der Waals surface area contributed by atoms with Crippen molar-refractivity contribution in [3.05, 3.63) is 75.8 Å². The lowest BCUT2D eigenvalue weighted by Gasteiger charge is -2.09. The molecule has 0 aliphatic carbocycles. The molecule has 5 nitrogen and oxygen atoms in total. The van der Waals surface area contributed by atoms with Gasteiger partial charge in [-0.2, -0.15) is 5.10 Å². The Kier molecular flexibility index (Phi) is 6.68. The van der Waals surface area contributed by atoms with Crippen LogP contribution in [-0.2, 0) is 17.9 Å². The van der Waals surface area contributed by atoms with Gasteiger partial charge in [0, 0.05) is 15.9 Å². The van der Waals surface area contributed by atoms with Gasteiger partial charge in [-0.1, -0.05) is 40.2 Å². The van der Waals surface area contributed by atoms with Gasteiger partial charge in [0.2, 0.25) is 5.91 Å². The number of hydrogen-bond acceptors (Lipinski definition) is 4. The molecule has 0 fully saturated rings. The topological polar surface area (TPSA) is 59.8 Å². The zero-order valence-electron chi connectivity index (χ0n) is 15.3. The van der Waals surface area contributed by atoms with Crippen molar-refractivity contribution in [2.75, 3.05) is 5.75 Å². The van der Waals surface area contributed by atoms with Crippen LogP contribution >= 0.6 is 27.7 Å². The van der Waals surface area contributed by atoms with Gasteiger partial charge in [-0.05, 0) is 48.2 Å². The number of amides is 1. The first-order valence-corrected chi connectivity index (χ1v) is 10.4. The Morgan fingerprint density at radius 2 is 1.89 bits per heavy atom. The van der Waals surface area contributed by atoms with Gasteiger partial charge in [-0.15, -0.1) is 11.8 Å². The van der Waals surface area contributed by atoms with E-state index in [1.807, 2.05) is 24.3 Å². The number of nitrogens with zero attached hydrogens (tertiary/aromatic N) is 3. The normalized spacial score (nSPS) is 10.8. The smallest absolute Gasteiger partial charge is 0.230 e. The number of nitrogens with one attached hydrogen (secondary N) is 1. The van der Waals surface area contributed by atoms with Gasteiger partial charge in [0.05, 0.1) is 12.3 Å². The van der Waals surface area contributed by atoms with E-state index >= 15 is 0 Å². The second kappa shape index (κ2) is 9.19. The van der Waals surface area contributed by atoms with Crippen LogP contribution in [0.2, 0.25) is 0 Å². The molecule has 0 bridgehead atoms. The lowest BCUT2D eigenvalue weighted by Crippen LogP contribution is -2.24. The molecular weight excluding hydrogens is 424 g/mol. The molecule has 27 heavy (non-hydrogen) atoms. The number of thioether (sulfide) groups is 1. The van der Waals surface area contributed by atoms with Crippen LogP contribution in [0.1, 0.15) is 22.3 Å². The zero-order chi connectivity index (χ0) is 19.2. The van der Waals surface area contributed by atoms with Crippen molar-refractivity contribution in [1.82, 2.24) is 20.1 Å². The molecule has 1 amide bonds. The Labute approximate surface area is 171 Å². The minimum absolute atomic E-state index is 0.0339. The molecule has 0 unspecified atom stereocenters. The van der Waals surface area contributed by atoms with Crippen molar-refractivity contribution in [2.45, 2.75) is 31.8 Å². The summed E-state index contributed by atoms with van der Waals surface area (Å²) in [6, 6.07) is 12.4. The molecule has 0 saturated heterocycles. The summed E-state index contributed by atoms with van der Waals surface area (Å²) in [6.07, 6.45) is 3.22. The van der Waals surface area contributed by atoms with Crippen LogP contribution in [0.15, 0.2) is 58.4 Å². The van der Waals surface area contributed by atoms with Crippen molar-refractivity contribution in [3.63, 3.8) is 0 Å². The van der Waals surface area contributed by atoms with Crippen molar-refractivity contribution in [1.29, 1.82) is 0 Å². The van der Waals surface area contributed by atoms with Crippen LogP contribution < -0.4 is 5.32 Å². The minimum Gasteiger partial charge on any atom is -0.351 e. The molecule has 3 rings (SSSR count). The molecule has 3 aromatic rings. The summed E-state index contributed by atoms with van der Waals surface area (Å²) in [5.41, 5.74) is 4.57. The molecular formula is C20H21BrN4OS. The summed E-state index contributed by atoms with van der Waals surface area (Å²) >= 11 is 5.11. The van der Waals surface area contributed by atoms with Gasteiger partial charge in [0.1, 0.15) is 12.7 Å². The van der Waals surface area contributed by atoms with Crippen LogP contribution in [-0.4, -0.2) is 26.4 Å². The Morgan fingerprint density at radius 3 is 2.59 bits per heavy atom. The number of benzene rings is 2. The third-order valence-electron chi connectivity index (χ3n) is 4.14. The maximum Gasteiger partial charge on any atom is 0.230 e. The maximum absolute atomic E-state index is 12.2. The number of aryl methyl sites for hydroxylation is 2. The average Bonchev–Trinajstić information content (AvgIpc) is 3.16. The number of rotatable bonds is 7. The molecule has 140 valence electrons. The van der Waals surface area contributed by atoms with E-state index in [1.165, 1.54) is 17.5 Å². The van der Waals surface area contributed by atoms with E-state index in [4.69, 9.17) is 0 Å². The van der Waals surface area contributed by atoms with Gasteiger partial charge in [0.15, 0.2) is 0 Å². The van der Waals surface area contributed by atoms with Gasteiger partial charge in [-0.3, -0.25) is 4.79 Å². The molecule has 0 radical (unpaired) electrons. The van der Waals surface area contributed by atoms with E-state index in [0.29, 0.717) is 18.8 Å². The maximum atomic E-state index is 12.2. The summed E-state index contributed by atoms with van der Waals surface area (Å²) in [4.78, 5) is 17.3. The van der Waals surface area contributed by atoms with Crippen molar-refractivity contribution < 1.29 is 4.79 Å². The highest BCUT2D eigenvalue weighted by Gasteiger charge is 2.07. The molecule has 1 heterocycles. The fourth-order valence-electron chi connectivity index (χ4n) is 2.57. The third-order valence-corrected chi connectivity index (χ3v) is 6.15. The predicted molar refractivity (Wildman–Crippen MR) is 112 cm³/mol. The number of aromatic nitrogens is 3. The fourth-order valence-corrected chi connectivity index (χ4v) is 3.96. The first-order valence-electron chi connectivity index (χ1n) is 8.58. The van der Waals surface area contributed by atoms with Gasteiger partial charge in [-0.25, -0.2) is 9.67 Å². The summed E-state index contributed by atoms with van der Waals surface area (Å²) in [6.45, 7) is 5.34. The minimum atomic E-state index is 0.0339. The number of hydrogen-bond donors (Lipinski definition) is 1.